The van der Waals surface area contributed by atoms with E-state index in [1.54, 1.807) is 44.4 Å². The van der Waals surface area contributed by atoms with Crippen LogP contribution in [0.5, 0.6) is 11.5 Å². The van der Waals surface area contributed by atoms with Gasteiger partial charge in [-0.1, -0.05) is 24.3 Å². The summed E-state index contributed by atoms with van der Waals surface area (Å²) in [7, 11) is 3.07. The molecule has 2 aromatic carbocycles. The highest BCUT2D eigenvalue weighted by molar-refractivity contribution is 6.10. The lowest BCUT2D eigenvalue weighted by Crippen LogP contribution is -2.46. The van der Waals surface area contributed by atoms with Crippen LogP contribution in [-0.2, 0) is 16.0 Å². The van der Waals surface area contributed by atoms with Crippen molar-refractivity contribution in [1.82, 2.24) is 10.2 Å². The highest BCUT2D eigenvalue weighted by Crippen LogP contribution is 2.27. The van der Waals surface area contributed by atoms with E-state index in [4.69, 9.17) is 9.47 Å². The summed E-state index contributed by atoms with van der Waals surface area (Å²) in [5.74, 6) is 0.268. The average Bonchev–Trinajstić information content (AvgIpc) is 2.91. The van der Waals surface area contributed by atoms with Crippen LogP contribution in [0.1, 0.15) is 12.5 Å². The summed E-state index contributed by atoms with van der Waals surface area (Å²) in [5, 5.41) is 5.37. The van der Waals surface area contributed by atoms with Crippen LogP contribution in [0.2, 0.25) is 0 Å². The molecule has 1 heterocycles. The number of para-hydroxylation sites is 1. The van der Waals surface area contributed by atoms with Gasteiger partial charge in [-0.2, -0.15) is 0 Å². The molecule has 1 atom stereocenters. The summed E-state index contributed by atoms with van der Waals surface area (Å²) in [5.41, 5.74) is 0.133. The van der Waals surface area contributed by atoms with Crippen LogP contribution in [-0.4, -0.2) is 49.0 Å². The van der Waals surface area contributed by atoms with Crippen LogP contribution in [0.15, 0.2) is 48.5 Å². The third kappa shape index (κ3) is 4.31. The van der Waals surface area contributed by atoms with E-state index in [1.165, 1.54) is 7.11 Å². The first kappa shape index (κ1) is 20.2. The number of nitrogens with one attached hydrogen (secondary N) is 2. The smallest absolute Gasteiger partial charge is 0.325 e. The quantitative estimate of drug-likeness (QED) is 0.698. The van der Waals surface area contributed by atoms with Crippen molar-refractivity contribution in [2.24, 2.45) is 0 Å². The lowest BCUT2D eigenvalue weighted by atomic mass is 9.92. The van der Waals surface area contributed by atoms with Crippen LogP contribution >= 0.6 is 0 Å². The van der Waals surface area contributed by atoms with Crippen molar-refractivity contribution in [2.75, 3.05) is 26.1 Å². The van der Waals surface area contributed by atoms with Crippen molar-refractivity contribution < 1.29 is 23.9 Å². The Morgan fingerprint density at radius 2 is 1.86 bits per heavy atom. The first-order chi connectivity index (χ1) is 13.9. The number of carbonyl (C=O) groups excluding carboxylic acids is 3. The third-order valence-corrected chi connectivity index (χ3v) is 4.74. The first-order valence-corrected chi connectivity index (χ1v) is 9.06. The molecule has 1 saturated heterocycles. The van der Waals surface area contributed by atoms with Crippen LogP contribution in [0, 0.1) is 0 Å². The van der Waals surface area contributed by atoms with E-state index in [0.717, 1.165) is 10.5 Å². The third-order valence-electron chi connectivity index (χ3n) is 4.74. The summed E-state index contributed by atoms with van der Waals surface area (Å²) < 4.78 is 10.4. The zero-order valence-corrected chi connectivity index (χ0v) is 16.5. The molecule has 2 N–H and O–H groups in total. The lowest BCUT2D eigenvalue weighted by Gasteiger charge is -2.22. The van der Waals surface area contributed by atoms with Gasteiger partial charge in [0.15, 0.2) is 0 Å². The number of urea groups is 1. The summed E-state index contributed by atoms with van der Waals surface area (Å²) >= 11 is 0. The summed E-state index contributed by atoms with van der Waals surface area (Å²) in [6.45, 7) is 1.25. The fourth-order valence-electron chi connectivity index (χ4n) is 3.29. The molecular weight excluding hydrogens is 374 g/mol. The van der Waals surface area contributed by atoms with E-state index in [1.807, 2.05) is 18.2 Å². The van der Waals surface area contributed by atoms with Gasteiger partial charge in [0.25, 0.3) is 5.91 Å². The monoisotopic (exact) mass is 397 g/mol. The molecule has 0 aromatic heterocycles. The van der Waals surface area contributed by atoms with E-state index in [2.05, 4.69) is 10.6 Å². The number of anilines is 1. The second-order valence-corrected chi connectivity index (χ2v) is 6.92. The minimum absolute atomic E-state index is 0.246. The number of amides is 4. The molecule has 0 spiro atoms. The topological polar surface area (TPSA) is 97.0 Å². The van der Waals surface area contributed by atoms with E-state index >= 15 is 0 Å². The average molecular weight is 397 g/mol. The van der Waals surface area contributed by atoms with Gasteiger partial charge in [-0.3, -0.25) is 14.5 Å². The van der Waals surface area contributed by atoms with Crippen molar-refractivity contribution in [1.29, 1.82) is 0 Å². The maximum absolute atomic E-state index is 12.9. The number of hydrogen-bond donors (Lipinski definition) is 2. The number of ether oxygens (including phenoxy) is 2. The highest BCUT2D eigenvalue weighted by atomic mass is 16.5. The SMILES string of the molecule is COc1cccc(NC(=O)CN2C(=O)N[C@@](C)(Cc3ccccc3OC)C2=O)c1. The fourth-order valence-corrected chi connectivity index (χ4v) is 3.29. The van der Waals surface area contributed by atoms with Gasteiger partial charge in [0.1, 0.15) is 23.6 Å². The molecular formula is C21H23N3O5. The van der Waals surface area contributed by atoms with Crippen molar-refractivity contribution >= 4 is 23.5 Å². The van der Waals surface area contributed by atoms with Gasteiger partial charge in [0, 0.05) is 18.2 Å². The Kier molecular flexibility index (Phi) is 5.72. The van der Waals surface area contributed by atoms with E-state index in [9.17, 15) is 14.4 Å². The molecule has 8 heteroatoms. The Morgan fingerprint density at radius 3 is 2.59 bits per heavy atom. The second-order valence-electron chi connectivity index (χ2n) is 6.92. The zero-order chi connectivity index (χ0) is 21.0. The summed E-state index contributed by atoms with van der Waals surface area (Å²) in [6.07, 6.45) is 0.246. The van der Waals surface area contributed by atoms with Crippen LogP contribution in [0.4, 0.5) is 10.5 Å². The Hall–Kier alpha value is -3.55. The minimum Gasteiger partial charge on any atom is -0.497 e. The van der Waals surface area contributed by atoms with Gasteiger partial charge >= 0.3 is 6.03 Å². The van der Waals surface area contributed by atoms with Gasteiger partial charge in [0.2, 0.25) is 5.91 Å². The maximum Gasteiger partial charge on any atom is 0.325 e. The number of benzene rings is 2. The lowest BCUT2D eigenvalue weighted by molar-refractivity contribution is -0.133. The Balaban J connectivity index is 1.70. The predicted octanol–water partition coefficient (Wildman–Crippen LogP) is 2.20. The van der Waals surface area contributed by atoms with E-state index < -0.39 is 23.4 Å². The number of methoxy groups -OCH3 is 2. The molecule has 3 rings (SSSR count). The van der Waals surface area contributed by atoms with E-state index in [-0.39, 0.29) is 13.0 Å². The Labute approximate surface area is 168 Å². The number of carbonyl (C=O) groups is 3. The molecule has 4 amide bonds. The molecule has 1 aliphatic rings. The number of nitrogens with zero attached hydrogens (tertiary/aromatic N) is 1. The molecule has 8 nitrogen and oxygen atoms in total. The van der Waals surface area contributed by atoms with Gasteiger partial charge in [-0.15, -0.1) is 0 Å². The summed E-state index contributed by atoms with van der Waals surface area (Å²) in [4.78, 5) is 38.6. The van der Waals surface area contributed by atoms with Gasteiger partial charge in [-0.05, 0) is 30.7 Å². The molecule has 0 bridgehead atoms. The van der Waals surface area contributed by atoms with Gasteiger partial charge in [-0.25, -0.2) is 4.79 Å². The zero-order valence-electron chi connectivity index (χ0n) is 16.5. The first-order valence-electron chi connectivity index (χ1n) is 9.06. The number of hydrogen-bond acceptors (Lipinski definition) is 5. The second kappa shape index (κ2) is 8.22. The molecule has 0 saturated carbocycles. The van der Waals surface area contributed by atoms with Crippen molar-refractivity contribution in [3.63, 3.8) is 0 Å². The fraction of sp³-hybridized carbons (Fsp3) is 0.286. The minimum atomic E-state index is -1.16. The van der Waals surface area contributed by atoms with Crippen LogP contribution in [0.25, 0.3) is 0 Å². The van der Waals surface area contributed by atoms with Crippen molar-refractivity contribution in [3.05, 3.63) is 54.1 Å². The predicted molar refractivity (Wildman–Crippen MR) is 107 cm³/mol. The summed E-state index contributed by atoms with van der Waals surface area (Å²) in [6, 6.07) is 13.5. The Morgan fingerprint density at radius 1 is 1.10 bits per heavy atom. The largest absolute Gasteiger partial charge is 0.497 e. The molecule has 152 valence electrons. The molecule has 29 heavy (non-hydrogen) atoms. The van der Waals surface area contributed by atoms with E-state index in [0.29, 0.717) is 17.2 Å². The van der Waals surface area contributed by atoms with Gasteiger partial charge in [0.05, 0.1) is 14.2 Å². The number of rotatable bonds is 7. The molecule has 0 unspecified atom stereocenters. The highest BCUT2D eigenvalue weighted by Gasteiger charge is 2.48. The standard InChI is InChI=1S/C21H23N3O5/c1-21(12-14-7-4-5-10-17(14)29-3)19(26)24(20(27)23-21)13-18(25)22-15-8-6-9-16(11-15)28-2/h4-11H,12-13H2,1-3H3,(H,22,25)(H,23,27)/t21-/m0/s1. The maximum atomic E-state index is 12.9. The number of imide groups is 1. The molecule has 1 aliphatic heterocycles. The van der Waals surface area contributed by atoms with Crippen molar-refractivity contribution in [2.45, 2.75) is 18.9 Å². The Bertz CT molecular complexity index is 945. The molecule has 0 aliphatic carbocycles. The normalized spacial score (nSPS) is 18.4. The molecule has 1 fully saturated rings. The van der Waals surface area contributed by atoms with Crippen LogP contribution in [0.3, 0.4) is 0 Å². The van der Waals surface area contributed by atoms with Gasteiger partial charge < -0.3 is 20.1 Å². The van der Waals surface area contributed by atoms with Crippen LogP contribution < -0.4 is 20.1 Å². The van der Waals surface area contributed by atoms with Crippen molar-refractivity contribution in [3.8, 4) is 11.5 Å². The molecule has 2 aromatic rings. The molecule has 0 radical (unpaired) electrons.